The quantitative estimate of drug-likeness (QED) is 0.707. The Kier molecular flexibility index (Phi) is 6.11. The fraction of sp³-hybridized carbons (Fsp3) is 0.538. The number of halogens is 1. The van der Waals surface area contributed by atoms with Crippen molar-refractivity contribution in [1.82, 2.24) is 10.2 Å². The summed E-state index contributed by atoms with van der Waals surface area (Å²) in [7, 11) is 2.04. The maximum atomic E-state index is 13.3. The summed E-state index contributed by atoms with van der Waals surface area (Å²) in [6.07, 6.45) is -0.789. The van der Waals surface area contributed by atoms with Gasteiger partial charge in [-0.05, 0) is 19.7 Å². The Bertz CT molecular complexity index is 333. The Labute approximate surface area is 102 Å². The van der Waals surface area contributed by atoms with Crippen molar-refractivity contribution in [3.63, 3.8) is 0 Å². The maximum absolute atomic E-state index is 13.3. The lowest BCUT2D eigenvalue weighted by atomic mass is 10.1. The first-order valence-electron chi connectivity index (χ1n) is 5.97. The van der Waals surface area contributed by atoms with Gasteiger partial charge in [0.2, 0.25) is 0 Å². The first kappa shape index (κ1) is 14.1. The van der Waals surface area contributed by atoms with Crippen LogP contribution in [0.25, 0.3) is 0 Å². The van der Waals surface area contributed by atoms with Crippen molar-refractivity contribution in [2.45, 2.75) is 13.0 Å². The van der Waals surface area contributed by atoms with Crippen LogP contribution in [0.4, 0.5) is 4.39 Å². The van der Waals surface area contributed by atoms with E-state index in [1.165, 1.54) is 6.07 Å². The van der Waals surface area contributed by atoms with E-state index in [4.69, 9.17) is 0 Å². The number of aliphatic hydroxyl groups is 1. The predicted octanol–water partition coefficient (Wildman–Crippen LogP) is 1.40. The molecule has 17 heavy (non-hydrogen) atoms. The molecule has 1 aromatic carbocycles. The third-order valence-corrected chi connectivity index (χ3v) is 2.81. The molecule has 2 N–H and O–H groups in total. The van der Waals surface area contributed by atoms with Crippen LogP contribution in [-0.4, -0.2) is 43.2 Å². The molecule has 0 heterocycles. The van der Waals surface area contributed by atoms with Crippen LogP contribution in [0.3, 0.4) is 0 Å². The minimum Gasteiger partial charge on any atom is -0.387 e. The topological polar surface area (TPSA) is 35.5 Å². The monoisotopic (exact) mass is 240 g/mol. The number of nitrogens with one attached hydrogen (secondary N) is 1. The molecule has 0 aliphatic rings. The molecule has 96 valence electrons. The molecule has 1 atom stereocenters. The van der Waals surface area contributed by atoms with Crippen molar-refractivity contribution >= 4 is 0 Å². The smallest absolute Gasteiger partial charge is 0.129 e. The van der Waals surface area contributed by atoms with E-state index in [1.807, 2.05) is 7.05 Å². The Morgan fingerprint density at radius 1 is 1.41 bits per heavy atom. The van der Waals surface area contributed by atoms with E-state index in [9.17, 15) is 9.50 Å². The maximum Gasteiger partial charge on any atom is 0.129 e. The summed E-state index contributed by atoms with van der Waals surface area (Å²) in [5.74, 6) is -0.354. The molecule has 3 nitrogen and oxygen atoms in total. The zero-order valence-electron chi connectivity index (χ0n) is 10.5. The third kappa shape index (κ3) is 4.81. The third-order valence-electron chi connectivity index (χ3n) is 2.81. The molecule has 1 unspecified atom stereocenters. The molecule has 0 amide bonds. The average molecular weight is 240 g/mol. The molecular formula is C13H21FN2O. The normalized spacial score (nSPS) is 13.0. The summed E-state index contributed by atoms with van der Waals surface area (Å²) in [6, 6.07) is 6.32. The van der Waals surface area contributed by atoms with Crippen molar-refractivity contribution in [3.8, 4) is 0 Å². The highest BCUT2D eigenvalue weighted by atomic mass is 19.1. The van der Waals surface area contributed by atoms with Crippen LogP contribution in [0.2, 0.25) is 0 Å². The number of nitrogens with zero attached hydrogens (tertiary/aromatic N) is 1. The summed E-state index contributed by atoms with van der Waals surface area (Å²) < 4.78 is 13.3. The Morgan fingerprint density at radius 2 is 2.12 bits per heavy atom. The lowest BCUT2D eigenvalue weighted by molar-refractivity contribution is 0.168. The van der Waals surface area contributed by atoms with Gasteiger partial charge in [-0.15, -0.1) is 0 Å². The summed E-state index contributed by atoms with van der Waals surface area (Å²) >= 11 is 0. The molecule has 0 aliphatic carbocycles. The molecule has 1 aromatic rings. The summed E-state index contributed by atoms with van der Waals surface area (Å²) in [4.78, 5) is 2.17. The standard InChI is InChI=1S/C13H21FN2O/c1-3-16(2)9-8-15-10-13(17)11-6-4-5-7-12(11)14/h4-7,13,15,17H,3,8-10H2,1-2H3. The Balaban J connectivity index is 2.30. The van der Waals surface area contributed by atoms with Gasteiger partial charge in [0.25, 0.3) is 0 Å². The highest BCUT2D eigenvalue weighted by Crippen LogP contribution is 2.15. The Hall–Kier alpha value is -0.970. The molecule has 1 rings (SSSR count). The molecule has 0 saturated heterocycles. The summed E-state index contributed by atoms with van der Waals surface area (Å²) in [5.41, 5.74) is 0.351. The Morgan fingerprint density at radius 3 is 2.76 bits per heavy atom. The lowest BCUT2D eigenvalue weighted by Crippen LogP contribution is -2.31. The molecule has 0 spiro atoms. The minimum absolute atomic E-state index is 0.351. The van der Waals surface area contributed by atoms with E-state index >= 15 is 0 Å². The zero-order valence-corrected chi connectivity index (χ0v) is 10.5. The lowest BCUT2D eigenvalue weighted by Gasteiger charge is -2.16. The molecule has 0 fully saturated rings. The molecule has 0 aromatic heterocycles. The van der Waals surface area contributed by atoms with Gasteiger partial charge in [0.05, 0.1) is 6.10 Å². The van der Waals surface area contributed by atoms with Crippen LogP contribution in [-0.2, 0) is 0 Å². The van der Waals surface area contributed by atoms with Gasteiger partial charge in [-0.2, -0.15) is 0 Å². The fourth-order valence-corrected chi connectivity index (χ4v) is 1.52. The second-order valence-electron chi connectivity index (χ2n) is 4.14. The van der Waals surface area contributed by atoms with Gasteiger partial charge in [0, 0.05) is 25.2 Å². The highest BCUT2D eigenvalue weighted by Gasteiger charge is 2.11. The summed E-state index contributed by atoms with van der Waals surface area (Å²) in [6.45, 7) is 5.17. The van der Waals surface area contributed by atoms with Crippen LogP contribution in [0.1, 0.15) is 18.6 Å². The van der Waals surface area contributed by atoms with Gasteiger partial charge in [0.15, 0.2) is 0 Å². The van der Waals surface area contributed by atoms with E-state index in [1.54, 1.807) is 18.2 Å². The van der Waals surface area contributed by atoms with Gasteiger partial charge in [-0.1, -0.05) is 25.1 Å². The van der Waals surface area contributed by atoms with E-state index in [0.29, 0.717) is 12.1 Å². The average Bonchev–Trinajstić information content (AvgIpc) is 2.34. The van der Waals surface area contributed by atoms with E-state index in [-0.39, 0.29) is 5.82 Å². The van der Waals surface area contributed by atoms with E-state index < -0.39 is 6.10 Å². The minimum atomic E-state index is -0.789. The highest BCUT2D eigenvalue weighted by molar-refractivity contribution is 5.19. The fourth-order valence-electron chi connectivity index (χ4n) is 1.52. The van der Waals surface area contributed by atoms with Crippen LogP contribution in [0.5, 0.6) is 0 Å². The zero-order chi connectivity index (χ0) is 12.7. The van der Waals surface area contributed by atoms with E-state index in [0.717, 1.165) is 19.6 Å². The predicted molar refractivity (Wildman–Crippen MR) is 67.4 cm³/mol. The van der Waals surface area contributed by atoms with Gasteiger partial charge in [-0.3, -0.25) is 0 Å². The molecule has 0 aliphatic heterocycles. The van der Waals surface area contributed by atoms with Gasteiger partial charge < -0.3 is 15.3 Å². The second kappa shape index (κ2) is 7.37. The number of benzene rings is 1. The number of likely N-dealkylation sites (N-methyl/N-ethyl adjacent to an activating group) is 1. The van der Waals surface area contributed by atoms with Crippen molar-refractivity contribution < 1.29 is 9.50 Å². The second-order valence-corrected chi connectivity index (χ2v) is 4.14. The first-order valence-corrected chi connectivity index (χ1v) is 5.97. The molecule has 0 radical (unpaired) electrons. The summed E-state index contributed by atoms with van der Waals surface area (Å²) in [5, 5.41) is 12.9. The van der Waals surface area contributed by atoms with E-state index in [2.05, 4.69) is 17.1 Å². The van der Waals surface area contributed by atoms with Crippen molar-refractivity contribution in [3.05, 3.63) is 35.6 Å². The SMILES string of the molecule is CCN(C)CCNCC(O)c1ccccc1F. The molecular weight excluding hydrogens is 219 g/mol. The van der Waals surface area contributed by atoms with Crippen molar-refractivity contribution in [1.29, 1.82) is 0 Å². The number of aliphatic hydroxyl groups excluding tert-OH is 1. The van der Waals surface area contributed by atoms with Crippen LogP contribution in [0.15, 0.2) is 24.3 Å². The number of hydrogen-bond acceptors (Lipinski definition) is 3. The van der Waals surface area contributed by atoms with Gasteiger partial charge in [0.1, 0.15) is 5.82 Å². The van der Waals surface area contributed by atoms with Gasteiger partial charge >= 0.3 is 0 Å². The first-order chi connectivity index (χ1) is 8.15. The molecule has 4 heteroatoms. The van der Waals surface area contributed by atoms with Gasteiger partial charge in [-0.25, -0.2) is 4.39 Å². The molecule has 0 bridgehead atoms. The van der Waals surface area contributed by atoms with Crippen LogP contribution >= 0.6 is 0 Å². The number of rotatable bonds is 7. The van der Waals surface area contributed by atoms with Crippen molar-refractivity contribution in [2.75, 3.05) is 33.2 Å². The van der Waals surface area contributed by atoms with Crippen molar-refractivity contribution in [2.24, 2.45) is 0 Å². The molecule has 0 saturated carbocycles. The number of hydrogen-bond donors (Lipinski definition) is 2. The van der Waals surface area contributed by atoms with Crippen LogP contribution in [0, 0.1) is 5.82 Å². The largest absolute Gasteiger partial charge is 0.387 e. The van der Waals surface area contributed by atoms with Crippen LogP contribution < -0.4 is 5.32 Å².